The monoisotopic (exact) mass is 304 g/mol. The highest BCUT2D eigenvalue weighted by Gasteiger charge is 2.27. The van der Waals surface area contributed by atoms with E-state index in [1.165, 1.54) is 11.3 Å². The summed E-state index contributed by atoms with van der Waals surface area (Å²) in [5.74, 6) is 0.466. The number of pyridine rings is 1. The maximum absolute atomic E-state index is 12.5. The van der Waals surface area contributed by atoms with Gasteiger partial charge in [-0.15, -0.1) is 11.3 Å². The molecule has 2 rings (SSSR count). The van der Waals surface area contributed by atoms with Crippen LogP contribution in [0.1, 0.15) is 42.6 Å². The van der Waals surface area contributed by atoms with Crippen molar-refractivity contribution in [2.45, 2.75) is 32.7 Å². The molecular formula is C15H20N4OS. The summed E-state index contributed by atoms with van der Waals surface area (Å²) in [6.45, 7) is 6.74. The molecule has 0 aliphatic rings. The number of hydrogen-bond acceptors (Lipinski definition) is 5. The summed E-state index contributed by atoms with van der Waals surface area (Å²) < 4.78 is 0. The van der Waals surface area contributed by atoms with Gasteiger partial charge in [-0.3, -0.25) is 4.79 Å². The van der Waals surface area contributed by atoms with Crippen molar-refractivity contribution in [2.24, 2.45) is 0 Å². The third kappa shape index (κ3) is 3.78. The van der Waals surface area contributed by atoms with Crippen molar-refractivity contribution >= 4 is 23.1 Å². The molecule has 2 heterocycles. The molecule has 0 spiro atoms. The fraction of sp³-hybridized carbons (Fsp3) is 0.400. The van der Waals surface area contributed by atoms with Crippen LogP contribution in [0, 0.1) is 0 Å². The van der Waals surface area contributed by atoms with Gasteiger partial charge in [0.25, 0.3) is 5.91 Å². The smallest absolute Gasteiger partial charge is 0.255 e. The quantitative estimate of drug-likeness (QED) is 0.861. The fourth-order valence-corrected chi connectivity index (χ4v) is 2.63. The lowest BCUT2D eigenvalue weighted by Crippen LogP contribution is -2.41. The number of nitrogens with zero attached hydrogens (tertiary/aromatic N) is 2. The van der Waals surface area contributed by atoms with E-state index in [0.29, 0.717) is 11.4 Å². The van der Waals surface area contributed by atoms with Crippen LogP contribution in [0.2, 0.25) is 0 Å². The van der Waals surface area contributed by atoms with Crippen molar-refractivity contribution in [1.82, 2.24) is 15.3 Å². The highest BCUT2D eigenvalue weighted by molar-refractivity contribution is 7.09. The Bertz CT molecular complexity index is 595. The predicted molar refractivity (Wildman–Crippen MR) is 85.6 cm³/mol. The molecule has 112 valence electrons. The van der Waals surface area contributed by atoms with Gasteiger partial charge in [0.05, 0.1) is 11.1 Å². The zero-order valence-electron chi connectivity index (χ0n) is 12.5. The molecule has 0 atom stereocenters. The average molecular weight is 304 g/mol. The maximum atomic E-state index is 12.5. The van der Waals surface area contributed by atoms with Crippen LogP contribution in [0.4, 0.5) is 5.82 Å². The normalized spacial score (nSPS) is 11.2. The van der Waals surface area contributed by atoms with Crippen LogP contribution >= 0.6 is 11.3 Å². The Balaban J connectivity index is 2.17. The van der Waals surface area contributed by atoms with E-state index in [-0.39, 0.29) is 5.91 Å². The zero-order valence-corrected chi connectivity index (χ0v) is 13.3. The first kappa shape index (κ1) is 15.4. The lowest BCUT2D eigenvalue weighted by atomic mass is 10.1. The minimum absolute atomic E-state index is 0.151. The number of rotatable bonds is 6. The van der Waals surface area contributed by atoms with Gasteiger partial charge < -0.3 is 10.6 Å². The van der Waals surface area contributed by atoms with Gasteiger partial charge in [0.1, 0.15) is 10.8 Å². The van der Waals surface area contributed by atoms with Crippen LogP contribution in [0.5, 0.6) is 0 Å². The number of nitrogens with one attached hydrogen (secondary N) is 2. The SMILES string of the molecule is CCCNc1ncccc1C(=O)NC(C)(C)c1nccs1. The van der Waals surface area contributed by atoms with E-state index in [9.17, 15) is 4.79 Å². The second-order valence-electron chi connectivity index (χ2n) is 5.24. The van der Waals surface area contributed by atoms with Crippen molar-refractivity contribution in [1.29, 1.82) is 0 Å². The Kier molecular flexibility index (Phi) is 4.90. The number of carbonyl (C=O) groups is 1. The van der Waals surface area contributed by atoms with E-state index in [1.807, 2.05) is 19.2 Å². The van der Waals surface area contributed by atoms with Gasteiger partial charge in [-0.1, -0.05) is 6.92 Å². The molecule has 2 aromatic rings. The molecule has 2 N–H and O–H groups in total. The molecule has 5 nitrogen and oxygen atoms in total. The van der Waals surface area contributed by atoms with E-state index >= 15 is 0 Å². The highest BCUT2D eigenvalue weighted by Crippen LogP contribution is 2.23. The van der Waals surface area contributed by atoms with Crippen LogP contribution in [0.15, 0.2) is 29.9 Å². The van der Waals surface area contributed by atoms with Gasteiger partial charge in [0.15, 0.2) is 0 Å². The average Bonchev–Trinajstić information content (AvgIpc) is 3.00. The summed E-state index contributed by atoms with van der Waals surface area (Å²) in [4.78, 5) is 21.0. The molecule has 0 saturated heterocycles. The van der Waals surface area contributed by atoms with Gasteiger partial charge >= 0.3 is 0 Å². The van der Waals surface area contributed by atoms with Crippen molar-refractivity contribution in [3.8, 4) is 0 Å². The Morgan fingerprint density at radius 3 is 2.81 bits per heavy atom. The Morgan fingerprint density at radius 2 is 2.14 bits per heavy atom. The van der Waals surface area contributed by atoms with Crippen LogP contribution in [0.25, 0.3) is 0 Å². The van der Waals surface area contributed by atoms with Crippen molar-refractivity contribution in [2.75, 3.05) is 11.9 Å². The molecule has 2 aromatic heterocycles. The maximum Gasteiger partial charge on any atom is 0.255 e. The second-order valence-corrected chi connectivity index (χ2v) is 6.14. The molecule has 6 heteroatoms. The number of amides is 1. The second kappa shape index (κ2) is 6.67. The molecule has 0 aliphatic heterocycles. The standard InChI is InChI=1S/C15H20N4OS/c1-4-7-16-12-11(6-5-8-17-12)13(20)19-15(2,3)14-18-9-10-21-14/h5-6,8-10H,4,7H2,1-3H3,(H,16,17)(H,19,20). The fourth-order valence-electron chi connectivity index (χ4n) is 1.91. The first-order valence-electron chi connectivity index (χ1n) is 6.96. The number of carbonyl (C=O) groups excluding carboxylic acids is 1. The summed E-state index contributed by atoms with van der Waals surface area (Å²) in [6, 6.07) is 3.54. The molecule has 0 unspecified atom stereocenters. The molecular weight excluding hydrogens is 284 g/mol. The predicted octanol–water partition coefficient (Wildman–Crippen LogP) is 3.03. The molecule has 0 fully saturated rings. The molecule has 0 aliphatic carbocycles. The van der Waals surface area contributed by atoms with Crippen LogP contribution in [-0.2, 0) is 5.54 Å². The Labute approximate surface area is 128 Å². The molecule has 0 bridgehead atoms. The summed E-state index contributed by atoms with van der Waals surface area (Å²) in [7, 11) is 0. The Morgan fingerprint density at radius 1 is 1.33 bits per heavy atom. The van der Waals surface area contributed by atoms with E-state index in [4.69, 9.17) is 0 Å². The van der Waals surface area contributed by atoms with Gasteiger partial charge in [-0.05, 0) is 32.4 Å². The van der Waals surface area contributed by atoms with E-state index in [0.717, 1.165) is 18.0 Å². The minimum Gasteiger partial charge on any atom is -0.369 e. The molecule has 21 heavy (non-hydrogen) atoms. The summed E-state index contributed by atoms with van der Waals surface area (Å²) in [5.41, 5.74) is 0.0407. The third-order valence-electron chi connectivity index (χ3n) is 2.99. The van der Waals surface area contributed by atoms with Crippen molar-refractivity contribution in [3.63, 3.8) is 0 Å². The molecule has 0 radical (unpaired) electrons. The number of anilines is 1. The molecule has 1 amide bonds. The van der Waals surface area contributed by atoms with Gasteiger partial charge in [-0.25, -0.2) is 9.97 Å². The van der Waals surface area contributed by atoms with Crippen molar-refractivity contribution in [3.05, 3.63) is 40.5 Å². The number of hydrogen-bond donors (Lipinski definition) is 2. The van der Waals surface area contributed by atoms with E-state index < -0.39 is 5.54 Å². The summed E-state index contributed by atoms with van der Waals surface area (Å²) in [6.07, 6.45) is 4.40. The summed E-state index contributed by atoms with van der Waals surface area (Å²) in [5, 5.41) is 8.98. The summed E-state index contributed by atoms with van der Waals surface area (Å²) >= 11 is 1.53. The number of thiazole rings is 1. The van der Waals surface area contributed by atoms with Gasteiger partial charge in [0, 0.05) is 24.3 Å². The zero-order chi connectivity index (χ0) is 15.3. The van der Waals surface area contributed by atoms with Crippen LogP contribution in [-0.4, -0.2) is 22.4 Å². The van der Waals surface area contributed by atoms with Gasteiger partial charge in [-0.2, -0.15) is 0 Å². The lowest BCUT2D eigenvalue weighted by molar-refractivity contribution is 0.0912. The lowest BCUT2D eigenvalue weighted by Gasteiger charge is -2.24. The van der Waals surface area contributed by atoms with Crippen LogP contribution < -0.4 is 10.6 Å². The van der Waals surface area contributed by atoms with E-state index in [1.54, 1.807) is 24.5 Å². The highest BCUT2D eigenvalue weighted by atomic mass is 32.1. The largest absolute Gasteiger partial charge is 0.369 e. The topological polar surface area (TPSA) is 66.9 Å². The van der Waals surface area contributed by atoms with Crippen molar-refractivity contribution < 1.29 is 4.79 Å². The molecule has 0 aromatic carbocycles. The molecule has 0 saturated carbocycles. The third-order valence-corrected chi connectivity index (χ3v) is 4.08. The first-order valence-corrected chi connectivity index (χ1v) is 7.84. The van der Waals surface area contributed by atoms with Gasteiger partial charge in [0.2, 0.25) is 0 Å². The van der Waals surface area contributed by atoms with E-state index in [2.05, 4.69) is 27.5 Å². The minimum atomic E-state index is -0.511. The Hall–Kier alpha value is -1.95. The first-order chi connectivity index (χ1) is 10.0. The van der Waals surface area contributed by atoms with Crippen LogP contribution in [0.3, 0.4) is 0 Å². The number of aromatic nitrogens is 2.